The molecular weight excluding hydrogens is 378 g/mol. The van der Waals surface area contributed by atoms with Crippen molar-refractivity contribution < 1.29 is 4.74 Å². The van der Waals surface area contributed by atoms with Gasteiger partial charge in [-0.2, -0.15) is 11.3 Å². The summed E-state index contributed by atoms with van der Waals surface area (Å²) in [6, 6.07) is 13.5. The molecule has 1 aromatic carbocycles. The maximum absolute atomic E-state index is 5.48. The number of aromatic nitrogens is 1. The van der Waals surface area contributed by atoms with Crippen molar-refractivity contribution in [2.24, 2.45) is 0 Å². The summed E-state index contributed by atoms with van der Waals surface area (Å²) in [5, 5.41) is 8.13. The van der Waals surface area contributed by atoms with Crippen LogP contribution in [0.3, 0.4) is 0 Å². The van der Waals surface area contributed by atoms with E-state index < -0.39 is 0 Å². The number of nitrogens with zero attached hydrogens (tertiary/aromatic N) is 2. The average molecular weight is 408 g/mol. The number of nitrogens with one attached hydrogen (secondary N) is 1. The maximum Gasteiger partial charge on any atom is 0.0642 e. The number of benzene rings is 1. The first kappa shape index (κ1) is 20.1. The van der Waals surface area contributed by atoms with Gasteiger partial charge in [-0.15, -0.1) is 0 Å². The summed E-state index contributed by atoms with van der Waals surface area (Å²) in [6.07, 6.45) is 2.91. The van der Waals surface area contributed by atoms with Gasteiger partial charge in [0.15, 0.2) is 0 Å². The summed E-state index contributed by atoms with van der Waals surface area (Å²) in [5.74, 6) is 0. The van der Waals surface area contributed by atoms with E-state index in [0.717, 1.165) is 45.0 Å². The van der Waals surface area contributed by atoms with Gasteiger partial charge in [-0.3, -0.25) is 4.98 Å². The second-order valence-electron chi connectivity index (χ2n) is 7.74. The molecule has 1 atom stereocenters. The van der Waals surface area contributed by atoms with Crippen LogP contribution in [0.25, 0.3) is 0 Å². The zero-order valence-electron chi connectivity index (χ0n) is 17.2. The molecule has 1 fully saturated rings. The minimum Gasteiger partial charge on any atom is -0.378 e. The van der Waals surface area contributed by atoms with Crippen molar-refractivity contribution >= 4 is 17.0 Å². The van der Waals surface area contributed by atoms with Crippen LogP contribution in [0.2, 0.25) is 0 Å². The number of anilines is 1. The number of hydrogen-bond acceptors (Lipinski definition) is 5. The third kappa shape index (κ3) is 5.24. The zero-order valence-corrected chi connectivity index (χ0v) is 18.0. The topological polar surface area (TPSA) is 37.4 Å². The molecule has 3 aromatic rings. The Kier molecular flexibility index (Phi) is 6.60. The van der Waals surface area contributed by atoms with Crippen molar-refractivity contribution in [3.8, 4) is 0 Å². The molecule has 0 amide bonds. The van der Waals surface area contributed by atoms with Crippen LogP contribution in [0.5, 0.6) is 0 Å². The molecule has 1 N–H and O–H groups in total. The first-order valence-corrected chi connectivity index (χ1v) is 11.2. The predicted molar refractivity (Wildman–Crippen MR) is 121 cm³/mol. The maximum atomic E-state index is 5.48. The third-order valence-corrected chi connectivity index (χ3v) is 6.28. The highest BCUT2D eigenvalue weighted by Gasteiger charge is 2.16. The van der Waals surface area contributed by atoms with E-state index in [1.54, 1.807) is 11.3 Å². The Labute approximate surface area is 177 Å². The largest absolute Gasteiger partial charge is 0.378 e. The number of ether oxygens (including phenoxy) is 1. The van der Waals surface area contributed by atoms with Gasteiger partial charge in [0.2, 0.25) is 0 Å². The van der Waals surface area contributed by atoms with E-state index in [2.05, 4.69) is 71.2 Å². The molecule has 0 aliphatic carbocycles. The summed E-state index contributed by atoms with van der Waals surface area (Å²) in [6.45, 7) is 8.69. The summed E-state index contributed by atoms with van der Waals surface area (Å²) >= 11 is 1.75. The van der Waals surface area contributed by atoms with Crippen molar-refractivity contribution in [1.82, 2.24) is 10.3 Å². The quantitative estimate of drug-likeness (QED) is 0.618. The highest BCUT2D eigenvalue weighted by Crippen LogP contribution is 2.23. The molecule has 1 saturated heterocycles. The van der Waals surface area contributed by atoms with Gasteiger partial charge in [0.25, 0.3) is 0 Å². The molecule has 0 saturated carbocycles. The SMILES string of the molecule is Cc1ccc([C@H](Cc2ccsc2)NCc2ccc(N3CCOCC3)cc2C)nc1. The Balaban J connectivity index is 1.47. The highest BCUT2D eigenvalue weighted by molar-refractivity contribution is 7.07. The van der Waals surface area contributed by atoms with Crippen LogP contribution in [0.4, 0.5) is 5.69 Å². The average Bonchev–Trinajstić information content (AvgIpc) is 3.26. The van der Waals surface area contributed by atoms with Crippen LogP contribution >= 0.6 is 11.3 Å². The Morgan fingerprint density at radius 2 is 2.00 bits per heavy atom. The standard InChI is InChI=1S/C24H29N3OS/c1-18-3-6-23(25-15-18)24(14-20-7-12-29-17-20)26-16-21-4-5-22(13-19(21)2)27-8-10-28-11-9-27/h3-7,12-13,15,17,24,26H,8-11,14,16H2,1-2H3/t24-/m0/s1. The monoisotopic (exact) mass is 407 g/mol. The second kappa shape index (κ2) is 9.53. The van der Waals surface area contributed by atoms with E-state index in [4.69, 9.17) is 9.72 Å². The summed E-state index contributed by atoms with van der Waals surface area (Å²) in [5.41, 5.74) is 7.61. The van der Waals surface area contributed by atoms with Gasteiger partial charge in [-0.1, -0.05) is 12.1 Å². The van der Waals surface area contributed by atoms with Crippen LogP contribution in [0.1, 0.15) is 34.0 Å². The molecule has 1 aliphatic heterocycles. The predicted octanol–water partition coefficient (Wildman–Crippen LogP) is 4.67. The van der Waals surface area contributed by atoms with Gasteiger partial charge >= 0.3 is 0 Å². The van der Waals surface area contributed by atoms with Gasteiger partial charge in [-0.25, -0.2) is 0 Å². The van der Waals surface area contributed by atoms with Gasteiger partial charge in [-0.05, 0) is 77.5 Å². The third-order valence-electron chi connectivity index (χ3n) is 5.55. The summed E-state index contributed by atoms with van der Waals surface area (Å²) in [4.78, 5) is 7.10. The lowest BCUT2D eigenvalue weighted by Gasteiger charge is -2.29. The number of pyridine rings is 1. The van der Waals surface area contributed by atoms with Crippen molar-refractivity contribution in [3.63, 3.8) is 0 Å². The molecule has 2 aromatic heterocycles. The molecule has 0 radical (unpaired) electrons. The minimum absolute atomic E-state index is 0.198. The van der Waals surface area contributed by atoms with Gasteiger partial charge in [0, 0.05) is 31.5 Å². The normalized spacial score (nSPS) is 15.4. The molecule has 4 rings (SSSR count). The van der Waals surface area contributed by atoms with E-state index >= 15 is 0 Å². The molecule has 0 spiro atoms. The van der Waals surface area contributed by atoms with Crippen LogP contribution in [-0.4, -0.2) is 31.3 Å². The Morgan fingerprint density at radius 3 is 2.69 bits per heavy atom. The van der Waals surface area contributed by atoms with E-state index in [0.29, 0.717) is 0 Å². The van der Waals surface area contributed by atoms with Gasteiger partial charge in [0.05, 0.1) is 24.9 Å². The molecule has 4 nitrogen and oxygen atoms in total. The number of hydrogen-bond donors (Lipinski definition) is 1. The molecule has 0 unspecified atom stereocenters. The van der Waals surface area contributed by atoms with Crippen LogP contribution in [-0.2, 0) is 17.7 Å². The fourth-order valence-corrected chi connectivity index (χ4v) is 4.42. The Bertz CT molecular complexity index is 902. The lowest BCUT2D eigenvalue weighted by Crippen LogP contribution is -2.36. The molecule has 0 bridgehead atoms. The first-order valence-electron chi connectivity index (χ1n) is 10.3. The van der Waals surface area contributed by atoms with Crippen molar-refractivity contribution in [3.05, 3.63) is 81.3 Å². The minimum atomic E-state index is 0.198. The molecule has 29 heavy (non-hydrogen) atoms. The van der Waals surface area contributed by atoms with Crippen molar-refractivity contribution in [2.75, 3.05) is 31.2 Å². The highest BCUT2D eigenvalue weighted by atomic mass is 32.1. The van der Waals surface area contributed by atoms with E-state index in [9.17, 15) is 0 Å². The fourth-order valence-electron chi connectivity index (χ4n) is 3.74. The Hall–Kier alpha value is -2.21. The lowest BCUT2D eigenvalue weighted by atomic mass is 10.0. The zero-order chi connectivity index (χ0) is 20.1. The van der Waals surface area contributed by atoms with Gasteiger partial charge in [0.1, 0.15) is 0 Å². The molecule has 3 heterocycles. The molecular formula is C24H29N3OS. The summed E-state index contributed by atoms with van der Waals surface area (Å²) in [7, 11) is 0. The van der Waals surface area contributed by atoms with Crippen LogP contribution in [0.15, 0.2) is 53.4 Å². The smallest absolute Gasteiger partial charge is 0.0642 e. The van der Waals surface area contributed by atoms with Crippen LogP contribution in [0, 0.1) is 13.8 Å². The molecule has 5 heteroatoms. The number of rotatable bonds is 7. The fraction of sp³-hybridized carbons (Fsp3) is 0.375. The van der Waals surface area contributed by atoms with E-state index in [-0.39, 0.29) is 6.04 Å². The second-order valence-corrected chi connectivity index (χ2v) is 8.52. The molecule has 152 valence electrons. The number of aryl methyl sites for hydroxylation is 2. The van der Waals surface area contributed by atoms with Gasteiger partial charge < -0.3 is 15.0 Å². The number of morpholine rings is 1. The number of thiophene rings is 1. The van der Waals surface area contributed by atoms with Crippen LogP contribution < -0.4 is 10.2 Å². The lowest BCUT2D eigenvalue weighted by molar-refractivity contribution is 0.122. The Morgan fingerprint density at radius 1 is 1.14 bits per heavy atom. The van der Waals surface area contributed by atoms with E-state index in [1.807, 2.05) is 6.20 Å². The van der Waals surface area contributed by atoms with Crippen molar-refractivity contribution in [2.45, 2.75) is 32.9 Å². The first-order chi connectivity index (χ1) is 14.2. The van der Waals surface area contributed by atoms with E-state index in [1.165, 1.54) is 27.9 Å². The molecule has 1 aliphatic rings. The summed E-state index contributed by atoms with van der Waals surface area (Å²) < 4.78 is 5.48. The van der Waals surface area contributed by atoms with Crippen molar-refractivity contribution in [1.29, 1.82) is 0 Å².